The van der Waals surface area contributed by atoms with Gasteiger partial charge in [-0.1, -0.05) is 6.07 Å². The number of thiophene rings is 2. The van der Waals surface area contributed by atoms with Gasteiger partial charge in [-0.2, -0.15) is 11.3 Å². The zero-order valence-corrected chi connectivity index (χ0v) is 14.0. The number of halogens is 2. The molecule has 7 heteroatoms. The predicted octanol–water partition coefficient (Wildman–Crippen LogP) is 4.10. The first kappa shape index (κ1) is 16.8. The molecule has 2 aromatic heterocycles. The second-order valence-electron chi connectivity index (χ2n) is 5.04. The topological polar surface area (TPSA) is 49.3 Å². The molecule has 24 heavy (non-hydrogen) atoms. The van der Waals surface area contributed by atoms with E-state index in [0.717, 1.165) is 27.5 Å². The van der Waals surface area contributed by atoms with Crippen molar-refractivity contribution in [3.63, 3.8) is 0 Å². The van der Waals surface area contributed by atoms with Crippen LogP contribution in [0.25, 0.3) is 0 Å². The lowest BCUT2D eigenvalue weighted by atomic mass is 10.1. The molecular formula is C17H13F2NO2S2. The molecule has 3 nitrogen and oxygen atoms in total. The normalized spacial score (nSPS) is 12.1. The van der Waals surface area contributed by atoms with Crippen LogP contribution in [-0.2, 0) is 6.54 Å². The van der Waals surface area contributed by atoms with Gasteiger partial charge in [0.25, 0.3) is 5.91 Å². The smallest absolute Gasteiger partial charge is 0.257 e. The number of hydrogen-bond acceptors (Lipinski definition) is 4. The average Bonchev–Trinajstić information content (AvgIpc) is 3.24. The van der Waals surface area contributed by atoms with E-state index in [0.29, 0.717) is 0 Å². The van der Waals surface area contributed by atoms with Gasteiger partial charge in [0.15, 0.2) is 0 Å². The second kappa shape index (κ2) is 7.21. The lowest BCUT2D eigenvalue weighted by Gasteiger charge is -2.07. The first-order valence-corrected chi connectivity index (χ1v) is 8.83. The summed E-state index contributed by atoms with van der Waals surface area (Å²) in [6, 6.07) is 8.68. The highest BCUT2D eigenvalue weighted by atomic mass is 32.1. The van der Waals surface area contributed by atoms with E-state index in [9.17, 15) is 18.7 Å². The summed E-state index contributed by atoms with van der Waals surface area (Å²) in [5.74, 6) is -2.60. The minimum Gasteiger partial charge on any atom is -0.383 e. The van der Waals surface area contributed by atoms with Crippen molar-refractivity contribution in [2.45, 2.75) is 12.6 Å². The molecule has 2 N–H and O–H groups in total. The molecule has 0 fully saturated rings. The fourth-order valence-corrected chi connectivity index (χ4v) is 3.85. The Morgan fingerprint density at radius 2 is 1.92 bits per heavy atom. The molecule has 0 aliphatic heterocycles. The van der Waals surface area contributed by atoms with E-state index in [1.807, 2.05) is 16.8 Å². The number of rotatable bonds is 5. The van der Waals surface area contributed by atoms with Gasteiger partial charge < -0.3 is 10.4 Å². The summed E-state index contributed by atoms with van der Waals surface area (Å²) in [4.78, 5) is 13.5. The highest BCUT2D eigenvalue weighted by Crippen LogP contribution is 2.29. The van der Waals surface area contributed by atoms with Crippen molar-refractivity contribution < 1.29 is 18.7 Å². The quantitative estimate of drug-likeness (QED) is 0.715. The Labute approximate surface area is 145 Å². The molecular weight excluding hydrogens is 352 g/mol. The number of hydrogen-bond donors (Lipinski definition) is 2. The Balaban J connectivity index is 1.66. The molecule has 0 saturated carbocycles. The van der Waals surface area contributed by atoms with Gasteiger partial charge >= 0.3 is 0 Å². The van der Waals surface area contributed by atoms with Gasteiger partial charge in [-0.15, -0.1) is 11.3 Å². The molecule has 1 unspecified atom stereocenters. The zero-order valence-electron chi connectivity index (χ0n) is 12.3. The van der Waals surface area contributed by atoms with Crippen LogP contribution in [0.1, 0.15) is 31.8 Å². The number of amides is 1. The second-order valence-corrected chi connectivity index (χ2v) is 7.02. The van der Waals surface area contributed by atoms with Crippen molar-refractivity contribution in [3.8, 4) is 0 Å². The molecule has 1 amide bonds. The summed E-state index contributed by atoms with van der Waals surface area (Å²) in [5, 5.41) is 16.5. The summed E-state index contributed by atoms with van der Waals surface area (Å²) in [6.07, 6.45) is -0.713. The van der Waals surface area contributed by atoms with E-state index in [1.165, 1.54) is 28.7 Å². The van der Waals surface area contributed by atoms with Gasteiger partial charge in [-0.05, 0) is 46.7 Å². The van der Waals surface area contributed by atoms with Crippen LogP contribution in [-0.4, -0.2) is 11.0 Å². The molecule has 124 valence electrons. The summed E-state index contributed by atoms with van der Waals surface area (Å²) < 4.78 is 27.1. The van der Waals surface area contributed by atoms with E-state index >= 15 is 0 Å². The van der Waals surface area contributed by atoms with Crippen LogP contribution < -0.4 is 5.32 Å². The maximum absolute atomic E-state index is 13.6. The summed E-state index contributed by atoms with van der Waals surface area (Å²) in [5.41, 5.74) is 0.221. The molecule has 0 saturated heterocycles. The van der Waals surface area contributed by atoms with Crippen LogP contribution in [0.2, 0.25) is 0 Å². The summed E-state index contributed by atoms with van der Waals surface area (Å²) in [7, 11) is 0. The Kier molecular flexibility index (Phi) is 5.03. The lowest BCUT2D eigenvalue weighted by molar-refractivity contribution is 0.0943. The maximum atomic E-state index is 13.6. The minimum atomic E-state index is -0.896. The standard InChI is InChI=1S/C17H13F2NO2S2/c18-12-2-1-3-13(19)15(12)17(22)20-8-11-4-5-14(24-11)16(21)10-6-7-23-9-10/h1-7,9,16,21H,8H2,(H,20,22). The largest absolute Gasteiger partial charge is 0.383 e. The van der Waals surface area contributed by atoms with E-state index in [1.54, 1.807) is 12.1 Å². The Hall–Kier alpha value is -2.09. The van der Waals surface area contributed by atoms with Crippen LogP contribution in [0.4, 0.5) is 8.78 Å². The third kappa shape index (κ3) is 3.53. The van der Waals surface area contributed by atoms with E-state index in [-0.39, 0.29) is 6.54 Å². The first-order valence-electron chi connectivity index (χ1n) is 7.07. The lowest BCUT2D eigenvalue weighted by Crippen LogP contribution is -2.24. The number of nitrogens with one attached hydrogen (secondary N) is 1. The van der Waals surface area contributed by atoms with Crippen molar-refractivity contribution in [1.29, 1.82) is 0 Å². The highest BCUT2D eigenvalue weighted by molar-refractivity contribution is 7.12. The molecule has 0 aliphatic rings. The van der Waals surface area contributed by atoms with E-state index in [4.69, 9.17) is 0 Å². The summed E-state index contributed by atoms with van der Waals surface area (Å²) >= 11 is 2.84. The van der Waals surface area contributed by atoms with Crippen LogP contribution in [0.15, 0.2) is 47.2 Å². The van der Waals surface area contributed by atoms with Gasteiger partial charge in [-0.3, -0.25) is 4.79 Å². The molecule has 0 spiro atoms. The molecule has 0 aliphatic carbocycles. The SMILES string of the molecule is O=C(NCc1ccc(C(O)c2ccsc2)s1)c1c(F)cccc1F. The van der Waals surface area contributed by atoms with Gasteiger partial charge in [0, 0.05) is 9.75 Å². The monoisotopic (exact) mass is 365 g/mol. The molecule has 0 radical (unpaired) electrons. The molecule has 3 rings (SSSR count). The van der Waals surface area contributed by atoms with Crippen molar-refractivity contribution in [1.82, 2.24) is 5.32 Å². The maximum Gasteiger partial charge on any atom is 0.257 e. The molecule has 1 aromatic carbocycles. The summed E-state index contributed by atoms with van der Waals surface area (Å²) in [6.45, 7) is 0.133. The van der Waals surface area contributed by atoms with Crippen LogP contribution in [0.3, 0.4) is 0 Å². The number of benzene rings is 1. The number of aliphatic hydroxyl groups is 1. The third-order valence-corrected chi connectivity index (χ3v) is 5.26. The molecule has 2 heterocycles. The van der Waals surface area contributed by atoms with Crippen LogP contribution >= 0.6 is 22.7 Å². The predicted molar refractivity (Wildman–Crippen MR) is 90.2 cm³/mol. The first-order chi connectivity index (χ1) is 11.6. The van der Waals surface area contributed by atoms with E-state index < -0.39 is 29.2 Å². The van der Waals surface area contributed by atoms with Crippen molar-refractivity contribution >= 4 is 28.6 Å². The number of carbonyl (C=O) groups excluding carboxylic acids is 1. The van der Waals surface area contributed by atoms with Gasteiger partial charge in [-0.25, -0.2) is 8.78 Å². The Morgan fingerprint density at radius 1 is 1.17 bits per heavy atom. The minimum absolute atomic E-state index is 0.133. The third-order valence-electron chi connectivity index (χ3n) is 3.42. The van der Waals surface area contributed by atoms with Crippen LogP contribution in [0.5, 0.6) is 0 Å². The zero-order chi connectivity index (χ0) is 17.1. The van der Waals surface area contributed by atoms with Crippen molar-refractivity contribution in [2.75, 3.05) is 0 Å². The Morgan fingerprint density at radius 3 is 2.58 bits per heavy atom. The van der Waals surface area contributed by atoms with Gasteiger partial charge in [0.05, 0.1) is 6.54 Å². The van der Waals surface area contributed by atoms with Crippen molar-refractivity contribution in [2.24, 2.45) is 0 Å². The Bertz CT molecular complexity index is 826. The highest BCUT2D eigenvalue weighted by Gasteiger charge is 2.17. The number of aliphatic hydroxyl groups excluding tert-OH is 1. The fourth-order valence-electron chi connectivity index (χ4n) is 2.20. The average molecular weight is 365 g/mol. The number of carbonyl (C=O) groups is 1. The van der Waals surface area contributed by atoms with E-state index in [2.05, 4.69) is 5.32 Å². The fraction of sp³-hybridized carbons (Fsp3) is 0.118. The van der Waals surface area contributed by atoms with Crippen LogP contribution in [0, 0.1) is 11.6 Å². The molecule has 0 bridgehead atoms. The molecule has 3 aromatic rings. The van der Waals surface area contributed by atoms with Gasteiger partial charge in [0.1, 0.15) is 23.3 Å². The van der Waals surface area contributed by atoms with Crippen molar-refractivity contribution in [3.05, 3.63) is 79.7 Å². The van der Waals surface area contributed by atoms with Gasteiger partial charge in [0.2, 0.25) is 0 Å². The molecule has 1 atom stereocenters.